The highest BCUT2D eigenvalue weighted by atomic mass is 127. The summed E-state index contributed by atoms with van der Waals surface area (Å²) in [7, 11) is 0. The molecule has 18 heavy (non-hydrogen) atoms. The van der Waals surface area contributed by atoms with Gasteiger partial charge in [-0.05, 0) is 26.2 Å². The molecule has 0 bridgehead atoms. The Balaban J connectivity index is 0.00000289. The Morgan fingerprint density at radius 1 is 1.44 bits per heavy atom. The number of aryl methyl sites for hydroxylation is 2. The molecule has 0 aromatic carbocycles. The van der Waals surface area contributed by atoms with Crippen molar-refractivity contribution >= 4 is 29.9 Å². The molecule has 1 aromatic heterocycles. The Morgan fingerprint density at radius 3 is 2.61 bits per heavy atom. The molecule has 1 heterocycles. The summed E-state index contributed by atoms with van der Waals surface area (Å²) in [5.41, 5.74) is 8.95. The summed E-state index contributed by atoms with van der Waals surface area (Å²) in [6.45, 7) is 9.79. The Morgan fingerprint density at radius 2 is 2.11 bits per heavy atom. The predicted octanol–water partition coefficient (Wildman–Crippen LogP) is 2.09. The van der Waals surface area contributed by atoms with Crippen LogP contribution in [0, 0.1) is 19.8 Å². The molecule has 0 radical (unpaired) electrons. The summed E-state index contributed by atoms with van der Waals surface area (Å²) in [5.74, 6) is 1.18. The highest BCUT2D eigenvalue weighted by Gasteiger charge is 2.05. The van der Waals surface area contributed by atoms with Gasteiger partial charge in [0.1, 0.15) is 0 Å². The van der Waals surface area contributed by atoms with Crippen molar-refractivity contribution < 1.29 is 0 Å². The van der Waals surface area contributed by atoms with Crippen LogP contribution in [0.1, 0.15) is 37.2 Å². The molecule has 1 rings (SSSR count). The lowest BCUT2D eigenvalue weighted by molar-refractivity contribution is 0.576. The standard InChI is InChI=1S/C12H23N5.HI/c1-8(2)5-6-14-12(13)15-7-11-9(3)16-17-10(11)4;/h8H,5-7H2,1-4H3,(H,16,17)(H3,13,14,15);1H. The van der Waals surface area contributed by atoms with Gasteiger partial charge in [0.15, 0.2) is 5.96 Å². The summed E-state index contributed by atoms with van der Waals surface area (Å²) < 4.78 is 0. The van der Waals surface area contributed by atoms with Crippen LogP contribution >= 0.6 is 24.0 Å². The summed E-state index contributed by atoms with van der Waals surface area (Å²) in [6, 6.07) is 0. The Hall–Kier alpha value is -0.790. The van der Waals surface area contributed by atoms with Gasteiger partial charge in [-0.2, -0.15) is 5.10 Å². The first-order valence-electron chi connectivity index (χ1n) is 6.05. The average Bonchev–Trinajstić information content (AvgIpc) is 2.55. The summed E-state index contributed by atoms with van der Waals surface area (Å²) in [6.07, 6.45) is 1.10. The fourth-order valence-corrected chi connectivity index (χ4v) is 1.52. The average molecular weight is 365 g/mol. The minimum absolute atomic E-state index is 0. The van der Waals surface area contributed by atoms with Gasteiger partial charge < -0.3 is 11.1 Å². The number of aromatic amines is 1. The van der Waals surface area contributed by atoms with Gasteiger partial charge in [-0.15, -0.1) is 24.0 Å². The summed E-state index contributed by atoms with van der Waals surface area (Å²) in [4.78, 5) is 4.31. The Bertz CT molecular complexity index is 364. The third-order valence-corrected chi connectivity index (χ3v) is 2.72. The normalized spacial score (nSPS) is 11.5. The summed E-state index contributed by atoms with van der Waals surface area (Å²) in [5, 5.41) is 10.2. The van der Waals surface area contributed by atoms with Crippen LogP contribution < -0.4 is 11.1 Å². The lowest BCUT2D eigenvalue weighted by atomic mass is 10.1. The van der Waals surface area contributed by atoms with Crippen LogP contribution in [0.15, 0.2) is 4.99 Å². The number of aromatic nitrogens is 2. The van der Waals surface area contributed by atoms with Crippen LogP contribution in [0.25, 0.3) is 0 Å². The van der Waals surface area contributed by atoms with Gasteiger partial charge in [-0.3, -0.25) is 5.10 Å². The van der Waals surface area contributed by atoms with Crippen LogP contribution in [-0.2, 0) is 6.54 Å². The molecule has 0 aliphatic rings. The van der Waals surface area contributed by atoms with Crippen LogP contribution in [-0.4, -0.2) is 22.7 Å². The van der Waals surface area contributed by atoms with Crippen LogP contribution in [0.2, 0.25) is 0 Å². The van der Waals surface area contributed by atoms with Crippen molar-refractivity contribution in [1.29, 1.82) is 0 Å². The van der Waals surface area contributed by atoms with Gasteiger partial charge in [0.25, 0.3) is 0 Å². The van der Waals surface area contributed by atoms with Crippen molar-refractivity contribution in [3.63, 3.8) is 0 Å². The van der Waals surface area contributed by atoms with Crippen molar-refractivity contribution in [2.75, 3.05) is 6.54 Å². The summed E-state index contributed by atoms with van der Waals surface area (Å²) >= 11 is 0. The lowest BCUT2D eigenvalue weighted by Gasteiger charge is -2.07. The van der Waals surface area contributed by atoms with E-state index in [9.17, 15) is 0 Å². The molecule has 4 N–H and O–H groups in total. The number of hydrogen-bond acceptors (Lipinski definition) is 2. The first-order chi connectivity index (χ1) is 8.00. The van der Waals surface area contributed by atoms with Crippen LogP contribution in [0.4, 0.5) is 0 Å². The zero-order valence-corrected chi connectivity index (χ0v) is 13.9. The third-order valence-electron chi connectivity index (χ3n) is 2.72. The van der Waals surface area contributed by atoms with Crippen molar-refractivity contribution in [2.24, 2.45) is 16.6 Å². The molecule has 0 fully saturated rings. The zero-order valence-electron chi connectivity index (χ0n) is 11.6. The van der Waals surface area contributed by atoms with Crippen molar-refractivity contribution in [3.05, 3.63) is 17.0 Å². The van der Waals surface area contributed by atoms with Gasteiger partial charge in [0.2, 0.25) is 0 Å². The monoisotopic (exact) mass is 365 g/mol. The van der Waals surface area contributed by atoms with Crippen LogP contribution in [0.5, 0.6) is 0 Å². The van der Waals surface area contributed by atoms with E-state index >= 15 is 0 Å². The van der Waals surface area contributed by atoms with Gasteiger partial charge >= 0.3 is 0 Å². The molecule has 5 nitrogen and oxygen atoms in total. The van der Waals surface area contributed by atoms with E-state index in [2.05, 4.69) is 34.4 Å². The van der Waals surface area contributed by atoms with Gasteiger partial charge in [-0.1, -0.05) is 13.8 Å². The van der Waals surface area contributed by atoms with Gasteiger partial charge in [0.05, 0.1) is 12.2 Å². The zero-order chi connectivity index (χ0) is 12.8. The number of nitrogens with two attached hydrogens (primary N) is 1. The second-order valence-corrected chi connectivity index (χ2v) is 4.72. The fourth-order valence-electron chi connectivity index (χ4n) is 1.52. The molecule has 0 amide bonds. The molecule has 0 atom stereocenters. The van der Waals surface area contributed by atoms with E-state index in [4.69, 9.17) is 5.73 Å². The van der Waals surface area contributed by atoms with Crippen molar-refractivity contribution in [3.8, 4) is 0 Å². The molecular formula is C12H24IN5. The number of guanidine groups is 1. The van der Waals surface area contributed by atoms with E-state index in [0.717, 1.165) is 29.9 Å². The number of rotatable bonds is 5. The first kappa shape index (κ1) is 17.2. The Kier molecular flexibility index (Phi) is 7.97. The highest BCUT2D eigenvalue weighted by Crippen LogP contribution is 2.09. The Labute approximate surface area is 126 Å². The quantitative estimate of drug-likeness (QED) is 0.425. The van der Waals surface area contributed by atoms with E-state index in [-0.39, 0.29) is 24.0 Å². The number of aliphatic imine (C=N–C) groups is 1. The number of nitrogens with one attached hydrogen (secondary N) is 2. The predicted molar refractivity (Wildman–Crippen MR) is 86.3 cm³/mol. The largest absolute Gasteiger partial charge is 0.370 e. The van der Waals surface area contributed by atoms with E-state index in [1.807, 2.05) is 13.8 Å². The highest BCUT2D eigenvalue weighted by molar-refractivity contribution is 14.0. The van der Waals surface area contributed by atoms with E-state index in [1.54, 1.807) is 0 Å². The number of nitrogens with zero attached hydrogens (tertiary/aromatic N) is 2. The molecule has 104 valence electrons. The minimum Gasteiger partial charge on any atom is -0.370 e. The molecule has 1 aromatic rings. The second-order valence-electron chi connectivity index (χ2n) is 4.72. The molecule has 6 heteroatoms. The molecule has 0 unspecified atom stereocenters. The molecule has 0 aliphatic carbocycles. The maximum absolute atomic E-state index is 5.78. The maximum Gasteiger partial charge on any atom is 0.188 e. The topological polar surface area (TPSA) is 79.1 Å². The van der Waals surface area contributed by atoms with E-state index in [1.165, 1.54) is 0 Å². The molecule has 0 saturated heterocycles. The first-order valence-corrected chi connectivity index (χ1v) is 6.05. The molecular weight excluding hydrogens is 341 g/mol. The molecule has 0 spiro atoms. The minimum atomic E-state index is 0. The lowest BCUT2D eigenvalue weighted by Crippen LogP contribution is -2.32. The SMILES string of the molecule is Cc1n[nH]c(C)c1CN=C(N)NCCC(C)C.I. The fraction of sp³-hybridized carbons (Fsp3) is 0.667. The van der Waals surface area contributed by atoms with Gasteiger partial charge in [0, 0.05) is 17.8 Å². The number of halogens is 1. The number of H-pyrrole nitrogens is 1. The third kappa shape index (κ3) is 5.70. The maximum atomic E-state index is 5.78. The van der Waals surface area contributed by atoms with Crippen molar-refractivity contribution in [1.82, 2.24) is 15.5 Å². The second kappa shape index (κ2) is 8.34. The number of hydrogen-bond donors (Lipinski definition) is 3. The van der Waals surface area contributed by atoms with Gasteiger partial charge in [-0.25, -0.2) is 4.99 Å². The van der Waals surface area contributed by atoms with E-state index < -0.39 is 0 Å². The van der Waals surface area contributed by atoms with Crippen LogP contribution in [0.3, 0.4) is 0 Å². The molecule has 0 saturated carbocycles. The molecule has 0 aliphatic heterocycles. The smallest absolute Gasteiger partial charge is 0.188 e. The van der Waals surface area contributed by atoms with E-state index in [0.29, 0.717) is 18.4 Å². The van der Waals surface area contributed by atoms with Crippen molar-refractivity contribution in [2.45, 2.75) is 40.7 Å².